The largest absolute Gasteiger partial charge is 0.467 e. The first kappa shape index (κ1) is 19.4. The van der Waals surface area contributed by atoms with E-state index in [1.807, 2.05) is 16.7 Å². The van der Waals surface area contributed by atoms with Gasteiger partial charge in [-0.3, -0.25) is 9.36 Å². The number of nitrogens with one attached hydrogen (secondary N) is 1. The van der Waals surface area contributed by atoms with Crippen molar-refractivity contribution >= 4 is 29.0 Å². The molecule has 0 radical (unpaired) electrons. The van der Waals surface area contributed by atoms with E-state index in [2.05, 4.69) is 41.3 Å². The normalized spacial score (nSPS) is 10.9. The molecule has 27 heavy (non-hydrogen) atoms. The molecule has 3 rings (SSSR count). The Bertz CT molecular complexity index is 912. The highest BCUT2D eigenvalue weighted by Crippen LogP contribution is 2.32. The van der Waals surface area contributed by atoms with E-state index in [1.165, 1.54) is 22.2 Å². The van der Waals surface area contributed by atoms with Gasteiger partial charge in [-0.05, 0) is 31.0 Å². The highest BCUT2D eigenvalue weighted by atomic mass is 32.2. The number of amides is 1. The van der Waals surface area contributed by atoms with E-state index in [-0.39, 0.29) is 11.7 Å². The summed E-state index contributed by atoms with van der Waals surface area (Å²) in [6, 6.07) is 3.63. The molecule has 3 aromatic heterocycles. The average molecular weight is 403 g/mol. The highest BCUT2D eigenvalue weighted by molar-refractivity contribution is 7.99. The van der Waals surface area contributed by atoms with Crippen molar-refractivity contribution in [3.8, 4) is 11.4 Å². The maximum absolute atomic E-state index is 12.1. The number of nitrogens with zero attached hydrogens (tertiary/aromatic N) is 3. The van der Waals surface area contributed by atoms with E-state index < -0.39 is 0 Å². The molecule has 0 saturated heterocycles. The number of hydrogen-bond donors (Lipinski definition) is 1. The second kappa shape index (κ2) is 9.05. The summed E-state index contributed by atoms with van der Waals surface area (Å²) in [5.41, 5.74) is 2.41. The number of aromatic nitrogens is 3. The molecule has 0 spiro atoms. The zero-order valence-corrected chi connectivity index (χ0v) is 17.0. The number of carbonyl (C=O) groups excluding carboxylic acids is 1. The van der Waals surface area contributed by atoms with Crippen LogP contribution in [0.4, 0.5) is 0 Å². The summed E-state index contributed by atoms with van der Waals surface area (Å²) in [5, 5.41) is 14.4. The predicted molar refractivity (Wildman–Crippen MR) is 109 cm³/mol. The molecule has 0 aliphatic heterocycles. The van der Waals surface area contributed by atoms with Gasteiger partial charge in [0.1, 0.15) is 5.76 Å². The Labute approximate surface area is 166 Å². The number of carbonyl (C=O) groups is 1. The first-order chi connectivity index (χ1) is 13.1. The van der Waals surface area contributed by atoms with Gasteiger partial charge < -0.3 is 9.73 Å². The zero-order valence-electron chi connectivity index (χ0n) is 15.4. The Morgan fingerprint density at radius 2 is 2.33 bits per heavy atom. The molecule has 0 aliphatic carbocycles. The summed E-state index contributed by atoms with van der Waals surface area (Å²) >= 11 is 3.09. The van der Waals surface area contributed by atoms with E-state index in [9.17, 15) is 4.79 Å². The Balaban J connectivity index is 1.71. The summed E-state index contributed by atoms with van der Waals surface area (Å²) in [5.74, 6) is 1.74. The topological polar surface area (TPSA) is 73.0 Å². The summed E-state index contributed by atoms with van der Waals surface area (Å²) in [6.07, 6.45) is 4.36. The van der Waals surface area contributed by atoms with Gasteiger partial charge in [0.2, 0.25) is 5.91 Å². The fourth-order valence-corrected chi connectivity index (χ4v) is 4.49. The molecular weight excluding hydrogens is 380 g/mol. The van der Waals surface area contributed by atoms with Gasteiger partial charge >= 0.3 is 0 Å². The molecular formula is C19H22N4O2S2. The van der Waals surface area contributed by atoms with Gasteiger partial charge in [0.15, 0.2) is 11.0 Å². The van der Waals surface area contributed by atoms with Crippen LogP contribution in [0.25, 0.3) is 11.4 Å². The quantitative estimate of drug-likeness (QED) is 0.431. The average Bonchev–Trinajstić information content (AvgIpc) is 3.39. The summed E-state index contributed by atoms with van der Waals surface area (Å²) in [6.45, 7) is 9.08. The standard InChI is InChI=1S/C19H22N4O2S2/c1-4-8-23-18(16-11-26-13(3)15(16)5-2)21-22-19(23)27-12-17(24)20-10-14-7-6-9-25-14/h4,6-7,9,11H,1,5,8,10,12H2,2-3H3,(H,20,24). The van der Waals surface area contributed by atoms with Gasteiger partial charge in [0, 0.05) is 22.4 Å². The molecule has 0 bridgehead atoms. The smallest absolute Gasteiger partial charge is 0.230 e. The number of furan rings is 1. The lowest BCUT2D eigenvalue weighted by Gasteiger charge is -2.08. The number of aryl methyl sites for hydroxylation is 1. The van der Waals surface area contributed by atoms with E-state index in [4.69, 9.17) is 4.42 Å². The van der Waals surface area contributed by atoms with E-state index in [1.54, 1.807) is 23.7 Å². The second-order valence-corrected chi connectivity index (χ2v) is 7.91. The minimum absolute atomic E-state index is 0.0771. The Kier molecular flexibility index (Phi) is 6.52. The van der Waals surface area contributed by atoms with Crippen LogP contribution in [0.5, 0.6) is 0 Å². The van der Waals surface area contributed by atoms with Crippen molar-refractivity contribution < 1.29 is 9.21 Å². The molecule has 0 fully saturated rings. The molecule has 0 aliphatic rings. The van der Waals surface area contributed by atoms with Crippen LogP contribution in [0.2, 0.25) is 0 Å². The first-order valence-electron chi connectivity index (χ1n) is 8.67. The second-order valence-electron chi connectivity index (χ2n) is 5.89. The van der Waals surface area contributed by atoms with Crippen LogP contribution in [-0.4, -0.2) is 26.4 Å². The van der Waals surface area contributed by atoms with Crippen LogP contribution in [0.3, 0.4) is 0 Å². The maximum atomic E-state index is 12.1. The van der Waals surface area contributed by atoms with Crippen LogP contribution in [0.15, 0.2) is 46.0 Å². The van der Waals surface area contributed by atoms with Crippen molar-refractivity contribution in [2.24, 2.45) is 0 Å². The number of thiophene rings is 1. The minimum atomic E-state index is -0.0771. The molecule has 3 aromatic rings. The van der Waals surface area contributed by atoms with Gasteiger partial charge in [0.25, 0.3) is 0 Å². The van der Waals surface area contributed by atoms with Crippen LogP contribution >= 0.6 is 23.1 Å². The van der Waals surface area contributed by atoms with Gasteiger partial charge in [-0.2, -0.15) is 0 Å². The number of allylic oxidation sites excluding steroid dienone is 1. The van der Waals surface area contributed by atoms with Crippen molar-refractivity contribution in [2.45, 2.75) is 38.5 Å². The third-order valence-corrected chi connectivity index (χ3v) is 6.02. The maximum Gasteiger partial charge on any atom is 0.230 e. The van der Waals surface area contributed by atoms with Gasteiger partial charge in [-0.15, -0.1) is 28.1 Å². The number of hydrogen-bond acceptors (Lipinski definition) is 6. The number of thioether (sulfide) groups is 1. The van der Waals surface area contributed by atoms with Gasteiger partial charge in [-0.1, -0.05) is 24.8 Å². The molecule has 3 heterocycles. The van der Waals surface area contributed by atoms with E-state index >= 15 is 0 Å². The SMILES string of the molecule is C=CCn1c(SCC(=O)NCc2ccco2)nnc1-c1csc(C)c1CC. The van der Waals surface area contributed by atoms with Crippen molar-refractivity contribution in [1.29, 1.82) is 0 Å². The minimum Gasteiger partial charge on any atom is -0.467 e. The van der Waals surface area contributed by atoms with Crippen LogP contribution in [0, 0.1) is 6.92 Å². The Hall–Kier alpha value is -2.32. The van der Waals surface area contributed by atoms with Crippen LogP contribution < -0.4 is 5.32 Å². The van der Waals surface area contributed by atoms with Gasteiger partial charge in [0.05, 0.1) is 18.6 Å². The lowest BCUT2D eigenvalue weighted by molar-refractivity contribution is -0.118. The predicted octanol–water partition coefficient (Wildman–Crippen LogP) is 4.06. The molecule has 1 N–H and O–H groups in total. The summed E-state index contributed by atoms with van der Waals surface area (Å²) < 4.78 is 7.23. The summed E-state index contributed by atoms with van der Waals surface area (Å²) in [4.78, 5) is 13.4. The van der Waals surface area contributed by atoms with Crippen LogP contribution in [-0.2, 0) is 24.3 Å². The molecule has 0 saturated carbocycles. The highest BCUT2D eigenvalue weighted by Gasteiger charge is 2.19. The molecule has 8 heteroatoms. The molecule has 0 unspecified atom stereocenters. The third-order valence-electron chi connectivity index (χ3n) is 4.10. The molecule has 0 aromatic carbocycles. The zero-order chi connectivity index (χ0) is 19.2. The molecule has 1 amide bonds. The summed E-state index contributed by atoms with van der Waals surface area (Å²) in [7, 11) is 0. The van der Waals surface area contributed by atoms with Crippen LogP contribution in [0.1, 0.15) is 23.1 Å². The fourth-order valence-electron chi connectivity index (χ4n) is 2.77. The Morgan fingerprint density at radius 1 is 1.48 bits per heavy atom. The fraction of sp³-hybridized carbons (Fsp3) is 0.316. The van der Waals surface area contributed by atoms with Crippen molar-refractivity contribution in [1.82, 2.24) is 20.1 Å². The first-order valence-corrected chi connectivity index (χ1v) is 10.5. The molecule has 6 nitrogen and oxygen atoms in total. The van der Waals surface area contributed by atoms with Crippen molar-refractivity contribution in [3.63, 3.8) is 0 Å². The number of rotatable bonds is 9. The van der Waals surface area contributed by atoms with Gasteiger partial charge in [-0.25, -0.2) is 0 Å². The molecule has 0 atom stereocenters. The molecule has 142 valence electrons. The third kappa shape index (κ3) is 4.51. The Morgan fingerprint density at radius 3 is 3.04 bits per heavy atom. The van der Waals surface area contributed by atoms with E-state index in [0.717, 1.165) is 23.6 Å². The monoisotopic (exact) mass is 402 g/mol. The lowest BCUT2D eigenvalue weighted by Crippen LogP contribution is -2.24. The van der Waals surface area contributed by atoms with Crippen molar-refractivity contribution in [3.05, 3.63) is 52.6 Å². The van der Waals surface area contributed by atoms with Crippen molar-refractivity contribution in [2.75, 3.05) is 5.75 Å². The lowest BCUT2D eigenvalue weighted by atomic mass is 10.1. The van der Waals surface area contributed by atoms with E-state index in [0.29, 0.717) is 18.2 Å².